The lowest BCUT2D eigenvalue weighted by Gasteiger charge is -2.14. The van der Waals surface area contributed by atoms with Crippen molar-refractivity contribution in [3.05, 3.63) is 54.1 Å². The average molecular weight is 420 g/mol. The highest BCUT2D eigenvalue weighted by Crippen LogP contribution is 2.20. The molecule has 8 nitrogen and oxygen atoms in total. The Bertz CT molecular complexity index is 958. The lowest BCUT2D eigenvalue weighted by Crippen LogP contribution is -2.44. The number of ether oxygens (including phenoxy) is 1. The van der Waals surface area contributed by atoms with Gasteiger partial charge in [-0.05, 0) is 63.2 Å². The van der Waals surface area contributed by atoms with Gasteiger partial charge in [-0.1, -0.05) is 6.07 Å². The van der Waals surface area contributed by atoms with Gasteiger partial charge < -0.3 is 15.4 Å². The number of anilines is 1. The van der Waals surface area contributed by atoms with Crippen LogP contribution in [0.25, 0.3) is 0 Å². The number of hydrogen-bond acceptors (Lipinski definition) is 5. The molecule has 2 rings (SSSR count). The predicted octanol–water partition coefficient (Wildman–Crippen LogP) is 2.14. The van der Waals surface area contributed by atoms with Crippen molar-refractivity contribution >= 4 is 27.5 Å². The Balaban J connectivity index is 2.14. The van der Waals surface area contributed by atoms with Crippen LogP contribution in [0.3, 0.4) is 0 Å². The summed E-state index contributed by atoms with van der Waals surface area (Å²) < 4.78 is 33.1. The fraction of sp³-hybridized carbons (Fsp3) is 0.300. The quantitative estimate of drug-likeness (QED) is 0.576. The SMILES string of the molecule is CCNC(=O)[C@H](C)NC(=O)c1cccc(S(=O)(=O)Nc2ccc(OCC)cc2)c1. The zero-order valence-electron chi connectivity index (χ0n) is 16.6. The van der Waals surface area contributed by atoms with Crippen LogP contribution in [0.5, 0.6) is 5.75 Å². The maximum Gasteiger partial charge on any atom is 0.261 e. The van der Waals surface area contributed by atoms with Crippen molar-refractivity contribution in [3.63, 3.8) is 0 Å². The summed E-state index contributed by atoms with van der Waals surface area (Å²) >= 11 is 0. The zero-order valence-corrected chi connectivity index (χ0v) is 17.4. The third kappa shape index (κ3) is 6.21. The Morgan fingerprint density at radius 1 is 1.07 bits per heavy atom. The predicted molar refractivity (Wildman–Crippen MR) is 110 cm³/mol. The highest BCUT2D eigenvalue weighted by molar-refractivity contribution is 7.92. The largest absolute Gasteiger partial charge is 0.494 e. The minimum absolute atomic E-state index is 0.0651. The molecule has 0 aliphatic carbocycles. The lowest BCUT2D eigenvalue weighted by molar-refractivity contribution is -0.122. The molecule has 0 fully saturated rings. The van der Waals surface area contributed by atoms with Gasteiger partial charge in [0.05, 0.1) is 11.5 Å². The highest BCUT2D eigenvalue weighted by atomic mass is 32.2. The standard InChI is InChI=1S/C20H25N3O5S/c1-4-21-19(24)14(3)22-20(25)15-7-6-8-18(13-15)29(26,27)23-16-9-11-17(12-10-16)28-5-2/h6-14,23H,4-5H2,1-3H3,(H,21,24)(H,22,25)/t14-/m0/s1. The molecule has 0 saturated carbocycles. The molecule has 0 aliphatic heterocycles. The molecule has 9 heteroatoms. The number of carbonyl (C=O) groups excluding carboxylic acids is 2. The van der Waals surface area contributed by atoms with E-state index >= 15 is 0 Å². The Morgan fingerprint density at radius 2 is 1.76 bits per heavy atom. The Labute approximate surface area is 170 Å². The van der Waals surface area contributed by atoms with Gasteiger partial charge in [-0.25, -0.2) is 8.42 Å². The molecular weight excluding hydrogens is 394 g/mol. The lowest BCUT2D eigenvalue weighted by atomic mass is 10.2. The third-order valence-corrected chi connectivity index (χ3v) is 5.29. The molecule has 2 aromatic rings. The first-order valence-electron chi connectivity index (χ1n) is 9.21. The number of likely N-dealkylation sites (N-methyl/N-ethyl adjacent to an activating group) is 1. The van der Waals surface area contributed by atoms with E-state index in [1.165, 1.54) is 24.3 Å². The summed E-state index contributed by atoms with van der Waals surface area (Å²) in [6.07, 6.45) is 0. The van der Waals surface area contributed by atoms with Crippen LogP contribution < -0.4 is 20.1 Å². The first-order valence-corrected chi connectivity index (χ1v) is 10.7. The topological polar surface area (TPSA) is 114 Å². The van der Waals surface area contributed by atoms with Crippen LogP contribution in [-0.2, 0) is 14.8 Å². The second-order valence-electron chi connectivity index (χ2n) is 6.18. The van der Waals surface area contributed by atoms with Crippen molar-refractivity contribution in [1.82, 2.24) is 10.6 Å². The van der Waals surface area contributed by atoms with E-state index in [1.54, 1.807) is 38.1 Å². The van der Waals surface area contributed by atoms with E-state index in [2.05, 4.69) is 15.4 Å². The average Bonchev–Trinajstić information content (AvgIpc) is 2.69. The van der Waals surface area contributed by atoms with Gasteiger partial charge in [-0.2, -0.15) is 0 Å². The van der Waals surface area contributed by atoms with Gasteiger partial charge in [-0.3, -0.25) is 14.3 Å². The van der Waals surface area contributed by atoms with Crippen molar-refractivity contribution in [2.24, 2.45) is 0 Å². The van der Waals surface area contributed by atoms with Gasteiger partial charge in [0, 0.05) is 17.8 Å². The fourth-order valence-corrected chi connectivity index (χ4v) is 3.58. The molecule has 0 radical (unpaired) electrons. The van der Waals surface area contributed by atoms with E-state index < -0.39 is 22.0 Å². The van der Waals surface area contributed by atoms with Crippen LogP contribution in [0.2, 0.25) is 0 Å². The minimum atomic E-state index is -3.90. The molecule has 0 heterocycles. The van der Waals surface area contributed by atoms with Crippen LogP contribution in [0.4, 0.5) is 5.69 Å². The second-order valence-corrected chi connectivity index (χ2v) is 7.86. The molecule has 0 aliphatic rings. The molecule has 29 heavy (non-hydrogen) atoms. The zero-order chi connectivity index (χ0) is 21.4. The van der Waals surface area contributed by atoms with Gasteiger partial charge in [0.1, 0.15) is 11.8 Å². The minimum Gasteiger partial charge on any atom is -0.494 e. The summed E-state index contributed by atoms with van der Waals surface area (Å²) in [5.74, 6) is -0.223. The van der Waals surface area contributed by atoms with E-state index in [4.69, 9.17) is 4.74 Å². The number of carbonyl (C=O) groups is 2. The molecule has 0 bridgehead atoms. The van der Waals surface area contributed by atoms with Crippen LogP contribution in [0.15, 0.2) is 53.4 Å². The second kappa shape index (κ2) is 9.92. The van der Waals surface area contributed by atoms with Crippen molar-refractivity contribution in [2.45, 2.75) is 31.7 Å². The molecule has 2 aromatic carbocycles. The fourth-order valence-electron chi connectivity index (χ4n) is 2.48. The molecule has 1 atom stereocenters. The number of rotatable bonds is 9. The molecule has 0 spiro atoms. The molecule has 3 N–H and O–H groups in total. The molecule has 0 saturated heterocycles. The van der Waals surface area contributed by atoms with Gasteiger partial charge in [0.2, 0.25) is 5.91 Å². The number of nitrogens with one attached hydrogen (secondary N) is 3. The maximum atomic E-state index is 12.7. The maximum absolute atomic E-state index is 12.7. The molecule has 156 valence electrons. The van der Waals surface area contributed by atoms with Gasteiger partial charge in [-0.15, -0.1) is 0 Å². The van der Waals surface area contributed by atoms with Crippen molar-refractivity contribution in [3.8, 4) is 5.75 Å². The molecular formula is C20H25N3O5S. The first-order chi connectivity index (χ1) is 13.8. The van der Waals surface area contributed by atoms with Crippen LogP contribution in [-0.4, -0.2) is 39.4 Å². The first kappa shape index (κ1) is 22.2. The Hall–Kier alpha value is -3.07. The number of sulfonamides is 1. The third-order valence-electron chi connectivity index (χ3n) is 3.92. The van der Waals surface area contributed by atoms with E-state index in [0.29, 0.717) is 24.6 Å². The summed E-state index contributed by atoms with van der Waals surface area (Å²) in [7, 11) is -3.90. The molecule has 0 aromatic heterocycles. The van der Waals surface area contributed by atoms with Crippen LogP contribution in [0.1, 0.15) is 31.1 Å². The van der Waals surface area contributed by atoms with Crippen molar-refractivity contribution in [1.29, 1.82) is 0 Å². The normalized spacial score (nSPS) is 12.0. The molecule has 2 amide bonds. The summed E-state index contributed by atoms with van der Waals surface area (Å²) in [4.78, 5) is 24.1. The summed E-state index contributed by atoms with van der Waals surface area (Å²) in [6, 6.07) is 11.4. The van der Waals surface area contributed by atoms with Gasteiger partial charge in [0.25, 0.3) is 15.9 Å². The van der Waals surface area contributed by atoms with Crippen LogP contribution >= 0.6 is 0 Å². The summed E-state index contributed by atoms with van der Waals surface area (Å²) in [5, 5.41) is 5.16. The van der Waals surface area contributed by atoms with E-state index in [9.17, 15) is 18.0 Å². The smallest absolute Gasteiger partial charge is 0.261 e. The number of hydrogen-bond donors (Lipinski definition) is 3. The highest BCUT2D eigenvalue weighted by Gasteiger charge is 2.19. The molecule has 0 unspecified atom stereocenters. The number of amides is 2. The number of benzene rings is 2. The van der Waals surface area contributed by atoms with E-state index in [-0.39, 0.29) is 16.4 Å². The van der Waals surface area contributed by atoms with Crippen molar-refractivity contribution in [2.75, 3.05) is 17.9 Å². The van der Waals surface area contributed by atoms with E-state index in [1.807, 2.05) is 6.92 Å². The van der Waals surface area contributed by atoms with Gasteiger partial charge >= 0.3 is 0 Å². The van der Waals surface area contributed by atoms with Crippen molar-refractivity contribution < 1.29 is 22.7 Å². The summed E-state index contributed by atoms with van der Waals surface area (Å²) in [5.41, 5.74) is 0.504. The van der Waals surface area contributed by atoms with Crippen LogP contribution in [0, 0.1) is 0 Å². The summed E-state index contributed by atoms with van der Waals surface area (Å²) in [6.45, 7) is 6.15. The monoisotopic (exact) mass is 419 g/mol. The Morgan fingerprint density at radius 3 is 2.38 bits per heavy atom. The Kier molecular flexibility index (Phi) is 7.60. The van der Waals surface area contributed by atoms with Gasteiger partial charge in [0.15, 0.2) is 0 Å². The van der Waals surface area contributed by atoms with E-state index in [0.717, 1.165) is 0 Å².